The SMILES string of the molecule is CCCOc1ccc(C2CCc3ccccc3N2)cc1. The molecule has 0 fully saturated rings. The van der Waals surface area contributed by atoms with E-state index < -0.39 is 0 Å². The van der Waals surface area contributed by atoms with Crippen molar-refractivity contribution in [3.8, 4) is 5.75 Å². The molecule has 0 aliphatic carbocycles. The van der Waals surface area contributed by atoms with E-state index >= 15 is 0 Å². The summed E-state index contributed by atoms with van der Waals surface area (Å²) in [6, 6.07) is 17.5. The molecule has 3 rings (SSSR count). The molecule has 2 aromatic rings. The van der Waals surface area contributed by atoms with Crippen molar-refractivity contribution in [3.63, 3.8) is 0 Å². The van der Waals surface area contributed by atoms with Crippen molar-refractivity contribution in [1.29, 1.82) is 0 Å². The fourth-order valence-corrected chi connectivity index (χ4v) is 2.71. The molecule has 0 saturated heterocycles. The maximum absolute atomic E-state index is 5.63. The van der Waals surface area contributed by atoms with Crippen LogP contribution in [0.5, 0.6) is 5.75 Å². The highest BCUT2D eigenvalue weighted by Gasteiger charge is 2.18. The highest BCUT2D eigenvalue weighted by atomic mass is 16.5. The van der Waals surface area contributed by atoms with Gasteiger partial charge in [0.1, 0.15) is 5.75 Å². The lowest BCUT2D eigenvalue weighted by molar-refractivity contribution is 0.317. The maximum Gasteiger partial charge on any atom is 0.119 e. The van der Waals surface area contributed by atoms with Crippen LogP contribution in [-0.4, -0.2) is 6.61 Å². The Kier molecular flexibility index (Phi) is 3.91. The lowest BCUT2D eigenvalue weighted by Crippen LogP contribution is -2.17. The highest BCUT2D eigenvalue weighted by molar-refractivity contribution is 5.55. The summed E-state index contributed by atoms with van der Waals surface area (Å²) in [6.07, 6.45) is 3.33. The van der Waals surface area contributed by atoms with Gasteiger partial charge >= 0.3 is 0 Å². The summed E-state index contributed by atoms with van der Waals surface area (Å²) in [5.41, 5.74) is 4.03. The average Bonchev–Trinajstić information content (AvgIpc) is 2.53. The van der Waals surface area contributed by atoms with Crippen molar-refractivity contribution < 1.29 is 4.74 Å². The summed E-state index contributed by atoms with van der Waals surface area (Å²) >= 11 is 0. The zero-order chi connectivity index (χ0) is 13.8. The molecule has 0 saturated carbocycles. The maximum atomic E-state index is 5.63. The molecule has 20 heavy (non-hydrogen) atoms. The molecule has 0 spiro atoms. The van der Waals surface area contributed by atoms with E-state index in [1.807, 2.05) is 0 Å². The van der Waals surface area contributed by atoms with E-state index in [-0.39, 0.29) is 0 Å². The van der Waals surface area contributed by atoms with E-state index in [9.17, 15) is 0 Å². The molecule has 0 bridgehead atoms. The van der Waals surface area contributed by atoms with Gasteiger partial charge in [0, 0.05) is 5.69 Å². The van der Waals surface area contributed by atoms with Crippen LogP contribution in [0.15, 0.2) is 48.5 Å². The predicted molar refractivity (Wildman–Crippen MR) is 83.4 cm³/mol. The largest absolute Gasteiger partial charge is 0.494 e. The predicted octanol–water partition coefficient (Wildman–Crippen LogP) is 4.57. The normalized spacial score (nSPS) is 17.1. The zero-order valence-corrected chi connectivity index (χ0v) is 11.9. The first-order valence-electron chi connectivity index (χ1n) is 7.44. The van der Waals surface area contributed by atoms with E-state index in [0.29, 0.717) is 6.04 Å². The van der Waals surface area contributed by atoms with Gasteiger partial charge in [-0.25, -0.2) is 0 Å². The van der Waals surface area contributed by atoms with Crippen molar-refractivity contribution in [2.24, 2.45) is 0 Å². The minimum Gasteiger partial charge on any atom is -0.494 e. The van der Waals surface area contributed by atoms with E-state index in [0.717, 1.165) is 31.6 Å². The Morgan fingerprint density at radius 3 is 2.70 bits per heavy atom. The molecule has 1 atom stereocenters. The molecule has 104 valence electrons. The summed E-state index contributed by atoms with van der Waals surface area (Å²) in [6.45, 7) is 2.91. The number of aryl methyl sites for hydroxylation is 1. The first-order valence-corrected chi connectivity index (χ1v) is 7.44. The number of benzene rings is 2. The van der Waals surface area contributed by atoms with Gasteiger partial charge in [0.15, 0.2) is 0 Å². The Morgan fingerprint density at radius 1 is 1.10 bits per heavy atom. The Morgan fingerprint density at radius 2 is 1.90 bits per heavy atom. The number of ether oxygens (including phenoxy) is 1. The van der Waals surface area contributed by atoms with Gasteiger partial charge in [-0.3, -0.25) is 0 Å². The number of anilines is 1. The molecule has 2 nitrogen and oxygen atoms in total. The Labute approximate surface area is 120 Å². The van der Waals surface area contributed by atoms with Crippen LogP contribution >= 0.6 is 0 Å². The first kappa shape index (κ1) is 13.0. The second kappa shape index (κ2) is 6.00. The molecule has 1 aliphatic rings. The second-order valence-corrected chi connectivity index (χ2v) is 5.31. The molecular formula is C18H21NO. The van der Waals surface area contributed by atoms with E-state index in [4.69, 9.17) is 4.74 Å². The van der Waals surface area contributed by atoms with Crippen LogP contribution in [0.4, 0.5) is 5.69 Å². The van der Waals surface area contributed by atoms with Gasteiger partial charge < -0.3 is 10.1 Å². The van der Waals surface area contributed by atoms with Crippen molar-refractivity contribution in [2.75, 3.05) is 11.9 Å². The quantitative estimate of drug-likeness (QED) is 0.875. The van der Waals surface area contributed by atoms with Crippen LogP contribution in [0.1, 0.15) is 36.9 Å². The van der Waals surface area contributed by atoms with Crippen LogP contribution in [-0.2, 0) is 6.42 Å². The van der Waals surface area contributed by atoms with Gasteiger partial charge in [-0.2, -0.15) is 0 Å². The molecule has 1 aliphatic heterocycles. The van der Waals surface area contributed by atoms with Crippen LogP contribution < -0.4 is 10.1 Å². The van der Waals surface area contributed by atoms with E-state index in [1.165, 1.54) is 16.8 Å². The molecule has 0 radical (unpaired) electrons. The topological polar surface area (TPSA) is 21.3 Å². The number of para-hydroxylation sites is 1. The molecule has 1 unspecified atom stereocenters. The molecule has 0 aromatic heterocycles. The Bertz CT molecular complexity index is 562. The van der Waals surface area contributed by atoms with Crippen LogP contribution in [0, 0.1) is 0 Å². The smallest absolute Gasteiger partial charge is 0.119 e. The Balaban J connectivity index is 1.71. The lowest BCUT2D eigenvalue weighted by atomic mass is 9.93. The van der Waals surface area contributed by atoms with Gasteiger partial charge in [-0.1, -0.05) is 37.3 Å². The van der Waals surface area contributed by atoms with Gasteiger partial charge in [0.2, 0.25) is 0 Å². The van der Waals surface area contributed by atoms with Crippen molar-refractivity contribution in [3.05, 3.63) is 59.7 Å². The van der Waals surface area contributed by atoms with Crippen LogP contribution in [0.2, 0.25) is 0 Å². The molecular weight excluding hydrogens is 246 g/mol. The molecule has 1 N–H and O–H groups in total. The minimum atomic E-state index is 0.408. The van der Waals surface area contributed by atoms with Crippen molar-refractivity contribution in [2.45, 2.75) is 32.2 Å². The van der Waals surface area contributed by atoms with Crippen LogP contribution in [0.3, 0.4) is 0 Å². The Hall–Kier alpha value is -1.96. The summed E-state index contributed by atoms with van der Waals surface area (Å²) in [5.74, 6) is 0.965. The number of nitrogens with one attached hydrogen (secondary N) is 1. The third kappa shape index (κ3) is 2.79. The fourth-order valence-electron chi connectivity index (χ4n) is 2.71. The summed E-state index contributed by atoms with van der Waals surface area (Å²) in [4.78, 5) is 0. The summed E-state index contributed by atoms with van der Waals surface area (Å²) in [7, 11) is 0. The van der Waals surface area contributed by atoms with Gasteiger partial charge in [-0.05, 0) is 48.6 Å². The molecule has 2 aromatic carbocycles. The number of hydrogen-bond acceptors (Lipinski definition) is 2. The second-order valence-electron chi connectivity index (χ2n) is 5.31. The number of rotatable bonds is 4. The van der Waals surface area contributed by atoms with Crippen molar-refractivity contribution >= 4 is 5.69 Å². The molecule has 1 heterocycles. The molecule has 0 amide bonds. The van der Waals surface area contributed by atoms with Gasteiger partial charge in [0.25, 0.3) is 0 Å². The van der Waals surface area contributed by atoms with Crippen LogP contribution in [0.25, 0.3) is 0 Å². The van der Waals surface area contributed by atoms with Gasteiger partial charge in [-0.15, -0.1) is 0 Å². The fraction of sp³-hybridized carbons (Fsp3) is 0.333. The monoisotopic (exact) mass is 267 g/mol. The van der Waals surface area contributed by atoms with E-state index in [2.05, 4.69) is 60.8 Å². The highest BCUT2D eigenvalue weighted by Crippen LogP contribution is 2.32. The minimum absolute atomic E-state index is 0.408. The number of fused-ring (bicyclic) bond motifs is 1. The van der Waals surface area contributed by atoms with Crippen molar-refractivity contribution in [1.82, 2.24) is 0 Å². The lowest BCUT2D eigenvalue weighted by Gasteiger charge is -2.27. The number of hydrogen-bond donors (Lipinski definition) is 1. The summed E-state index contributed by atoms with van der Waals surface area (Å²) < 4.78 is 5.63. The third-order valence-electron chi connectivity index (χ3n) is 3.80. The summed E-state index contributed by atoms with van der Waals surface area (Å²) in [5, 5.41) is 3.64. The first-order chi connectivity index (χ1) is 9.86. The van der Waals surface area contributed by atoms with Gasteiger partial charge in [0.05, 0.1) is 12.6 Å². The zero-order valence-electron chi connectivity index (χ0n) is 11.9. The molecule has 2 heteroatoms. The standard InChI is InChI=1S/C18H21NO/c1-2-13-20-16-10-7-15(8-11-16)18-12-9-14-5-3-4-6-17(14)19-18/h3-8,10-11,18-19H,2,9,12-13H2,1H3. The third-order valence-corrected chi connectivity index (χ3v) is 3.80. The average molecular weight is 267 g/mol. The van der Waals surface area contributed by atoms with E-state index in [1.54, 1.807) is 0 Å².